The van der Waals surface area contributed by atoms with E-state index in [0.29, 0.717) is 10.8 Å². The van der Waals surface area contributed by atoms with Crippen LogP contribution < -0.4 is 4.74 Å². The van der Waals surface area contributed by atoms with E-state index in [1.54, 1.807) is 6.07 Å². The second-order valence-electron chi connectivity index (χ2n) is 3.61. The van der Waals surface area contributed by atoms with Crippen molar-refractivity contribution < 1.29 is 18.3 Å². The first-order valence-corrected chi connectivity index (χ1v) is 6.25. The van der Waals surface area contributed by atoms with E-state index in [0.717, 1.165) is 12.1 Å². The number of carbonyl (C=O) groups is 1. The summed E-state index contributed by atoms with van der Waals surface area (Å²) >= 11 is 9.06. The van der Waals surface area contributed by atoms with Crippen molar-refractivity contribution in [2.75, 3.05) is 0 Å². The number of halogens is 4. The lowest BCUT2D eigenvalue weighted by Crippen LogP contribution is -1.95. The van der Waals surface area contributed by atoms with E-state index in [2.05, 4.69) is 15.9 Å². The van der Waals surface area contributed by atoms with Crippen molar-refractivity contribution >= 4 is 33.8 Å². The lowest BCUT2D eigenvalue weighted by atomic mass is 10.2. The molecule has 0 fully saturated rings. The van der Waals surface area contributed by atoms with Crippen molar-refractivity contribution in [3.05, 3.63) is 57.0 Å². The maximum atomic E-state index is 13.6. The molecular formula is C13H6BrClF2O2. The van der Waals surface area contributed by atoms with Crippen LogP contribution in [0.5, 0.6) is 11.5 Å². The standard InChI is InChI=1S/C13H6BrClF2O2/c14-8-1-2-9(15)12(5-8)19-13-10(16)3-7(6-18)4-11(13)17/h1-6H. The third-order valence-electron chi connectivity index (χ3n) is 2.26. The molecule has 0 saturated heterocycles. The Balaban J connectivity index is 2.43. The summed E-state index contributed by atoms with van der Waals surface area (Å²) in [5.74, 6) is -2.45. The van der Waals surface area contributed by atoms with Crippen LogP contribution in [0.3, 0.4) is 0 Å². The molecule has 2 rings (SSSR count). The predicted octanol–water partition coefficient (Wildman–Crippen LogP) is 4.99. The van der Waals surface area contributed by atoms with Crippen molar-refractivity contribution in [3.8, 4) is 11.5 Å². The van der Waals surface area contributed by atoms with E-state index in [9.17, 15) is 13.6 Å². The number of aldehydes is 1. The Morgan fingerprint density at radius 3 is 2.37 bits per heavy atom. The second-order valence-corrected chi connectivity index (χ2v) is 4.93. The molecular weight excluding hydrogens is 341 g/mol. The summed E-state index contributed by atoms with van der Waals surface area (Å²) < 4.78 is 33.0. The minimum absolute atomic E-state index is 0.104. The number of hydrogen-bond acceptors (Lipinski definition) is 2. The van der Waals surface area contributed by atoms with Gasteiger partial charge in [-0.25, -0.2) is 8.78 Å². The first kappa shape index (κ1) is 14.0. The topological polar surface area (TPSA) is 26.3 Å². The average Bonchev–Trinajstić information content (AvgIpc) is 2.37. The molecule has 6 heteroatoms. The quantitative estimate of drug-likeness (QED) is 0.732. The van der Waals surface area contributed by atoms with Crippen LogP contribution in [0.25, 0.3) is 0 Å². The van der Waals surface area contributed by atoms with Gasteiger partial charge < -0.3 is 4.74 Å². The van der Waals surface area contributed by atoms with Gasteiger partial charge in [0.2, 0.25) is 0 Å². The Bertz CT molecular complexity index is 624. The molecule has 2 aromatic carbocycles. The van der Waals surface area contributed by atoms with E-state index in [-0.39, 0.29) is 16.3 Å². The van der Waals surface area contributed by atoms with Gasteiger partial charge in [-0.05, 0) is 30.3 Å². The number of benzene rings is 2. The van der Waals surface area contributed by atoms with Crippen LogP contribution in [-0.4, -0.2) is 6.29 Å². The van der Waals surface area contributed by atoms with Gasteiger partial charge in [-0.2, -0.15) is 0 Å². The maximum Gasteiger partial charge on any atom is 0.198 e. The van der Waals surface area contributed by atoms with Gasteiger partial charge in [-0.1, -0.05) is 27.5 Å². The van der Waals surface area contributed by atoms with Crippen LogP contribution in [0.15, 0.2) is 34.8 Å². The SMILES string of the molecule is O=Cc1cc(F)c(Oc2cc(Br)ccc2Cl)c(F)c1. The highest BCUT2D eigenvalue weighted by atomic mass is 79.9. The second kappa shape index (κ2) is 5.67. The monoisotopic (exact) mass is 346 g/mol. The molecule has 0 bridgehead atoms. The Morgan fingerprint density at radius 1 is 1.16 bits per heavy atom. The zero-order valence-corrected chi connectivity index (χ0v) is 11.6. The Labute approximate surface area is 121 Å². The van der Waals surface area contributed by atoms with Crippen LogP contribution >= 0.6 is 27.5 Å². The molecule has 0 N–H and O–H groups in total. The number of carbonyl (C=O) groups excluding carboxylic acids is 1. The smallest absolute Gasteiger partial charge is 0.198 e. The molecule has 0 heterocycles. The average molecular weight is 348 g/mol. The van der Waals surface area contributed by atoms with Gasteiger partial charge in [0.25, 0.3) is 0 Å². The summed E-state index contributed by atoms with van der Waals surface area (Å²) in [7, 11) is 0. The zero-order chi connectivity index (χ0) is 14.0. The molecule has 0 aromatic heterocycles. The third kappa shape index (κ3) is 3.11. The molecule has 19 heavy (non-hydrogen) atoms. The van der Waals surface area contributed by atoms with Crippen LogP contribution in [0.4, 0.5) is 8.78 Å². The van der Waals surface area contributed by atoms with Gasteiger partial charge in [0.1, 0.15) is 12.0 Å². The van der Waals surface area contributed by atoms with Gasteiger partial charge in [0.15, 0.2) is 17.4 Å². The van der Waals surface area contributed by atoms with E-state index >= 15 is 0 Å². The van der Waals surface area contributed by atoms with Crippen molar-refractivity contribution in [1.82, 2.24) is 0 Å². The fourth-order valence-electron chi connectivity index (χ4n) is 1.41. The molecule has 98 valence electrons. The summed E-state index contributed by atoms with van der Waals surface area (Å²) in [5.41, 5.74) is -0.109. The summed E-state index contributed by atoms with van der Waals surface area (Å²) in [4.78, 5) is 10.5. The predicted molar refractivity (Wildman–Crippen MR) is 71.0 cm³/mol. The number of hydrogen-bond donors (Lipinski definition) is 0. The Hall–Kier alpha value is -1.46. The molecule has 0 aliphatic rings. The first-order valence-electron chi connectivity index (χ1n) is 5.08. The van der Waals surface area contributed by atoms with Crippen LogP contribution in [0.1, 0.15) is 10.4 Å². The van der Waals surface area contributed by atoms with Gasteiger partial charge >= 0.3 is 0 Å². The van der Waals surface area contributed by atoms with Crippen molar-refractivity contribution in [3.63, 3.8) is 0 Å². The molecule has 2 nitrogen and oxygen atoms in total. The molecule has 0 spiro atoms. The lowest BCUT2D eigenvalue weighted by molar-refractivity contribution is 0.112. The van der Waals surface area contributed by atoms with Gasteiger partial charge in [0, 0.05) is 10.0 Å². The minimum atomic E-state index is -0.974. The highest BCUT2D eigenvalue weighted by molar-refractivity contribution is 9.10. The van der Waals surface area contributed by atoms with E-state index < -0.39 is 17.4 Å². The van der Waals surface area contributed by atoms with Crippen molar-refractivity contribution in [1.29, 1.82) is 0 Å². The summed E-state index contributed by atoms with van der Waals surface area (Å²) in [6.07, 6.45) is 0.349. The molecule has 0 amide bonds. The van der Waals surface area contributed by atoms with Gasteiger partial charge in [-0.3, -0.25) is 4.79 Å². The van der Waals surface area contributed by atoms with E-state index in [4.69, 9.17) is 16.3 Å². The van der Waals surface area contributed by atoms with E-state index in [1.807, 2.05) is 0 Å². The van der Waals surface area contributed by atoms with Gasteiger partial charge in [0.05, 0.1) is 5.02 Å². The number of ether oxygens (including phenoxy) is 1. The molecule has 0 atom stereocenters. The van der Waals surface area contributed by atoms with Crippen LogP contribution in [-0.2, 0) is 0 Å². The first-order chi connectivity index (χ1) is 9.01. The van der Waals surface area contributed by atoms with E-state index in [1.165, 1.54) is 12.1 Å². The molecule has 0 aliphatic heterocycles. The number of rotatable bonds is 3. The van der Waals surface area contributed by atoms with Crippen molar-refractivity contribution in [2.45, 2.75) is 0 Å². The highest BCUT2D eigenvalue weighted by Crippen LogP contribution is 2.34. The van der Waals surface area contributed by atoms with Crippen LogP contribution in [0, 0.1) is 11.6 Å². The lowest BCUT2D eigenvalue weighted by Gasteiger charge is -2.10. The van der Waals surface area contributed by atoms with Crippen LogP contribution in [0.2, 0.25) is 5.02 Å². The Morgan fingerprint density at radius 2 is 1.79 bits per heavy atom. The Kier molecular flexibility index (Phi) is 4.17. The molecule has 0 aliphatic carbocycles. The molecule has 2 aromatic rings. The summed E-state index contributed by atoms with van der Waals surface area (Å²) in [6, 6.07) is 6.44. The normalized spacial score (nSPS) is 10.3. The minimum Gasteiger partial charge on any atom is -0.450 e. The largest absolute Gasteiger partial charge is 0.450 e. The van der Waals surface area contributed by atoms with Crippen molar-refractivity contribution in [2.24, 2.45) is 0 Å². The summed E-state index contributed by atoms with van der Waals surface area (Å²) in [6.45, 7) is 0. The molecule has 0 unspecified atom stereocenters. The maximum absolute atomic E-state index is 13.6. The molecule has 0 radical (unpaired) electrons. The fraction of sp³-hybridized carbons (Fsp3) is 0. The third-order valence-corrected chi connectivity index (χ3v) is 3.07. The highest BCUT2D eigenvalue weighted by Gasteiger charge is 2.15. The fourth-order valence-corrected chi connectivity index (χ4v) is 1.91. The zero-order valence-electron chi connectivity index (χ0n) is 9.29. The van der Waals surface area contributed by atoms with Gasteiger partial charge in [-0.15, -0.1) is 0 Å². The summed E-state index contributed by atoms with van der Waals surface area (Å²) in [5, 5.41) is 0.210. The molecule has 0 saturated carbocycles.